The highest BCUT2D eigenvalue weighted by Crippen LogP contribution is 2.28. The molecule has 1 saturated carbocycles. The first kappa shape index (κ1) is 34.4. The Bertz CT molecular complexity index is 1050. The number of alkyl halides is 1. The molecule has 0 spiro atoms. The minimum atomic E-state index is -1.52. The van der Waals surface area contributed by atoms with Crippen LogP contribution >= 0.6 is 0 Å². The second-order valence-corrected chi connectivity index (χ2v) is 11.7. The molecule has 0 heterocycles. The Balaban J connectivity index is 1.29. The van der Waals surface area contributed by atoms with E-state index in [1.54, 1.807) is 48.5 Å². The summed E-state index contributed by atoms with van der Waals surface area (Å²) in [5, 5.41) is 0. The highest BCUT2D eigenvalue weighted by atomic mass is 19.1. The van der Waals surface area contributed by atoms with Gasteiger partial charge in [0.05, 0.1) is 18.8 Å². The molecule has 2 aromatic carbocycles. The van der Waals surface area contributed by atoms with Gasteiger partial charge in [-0.1, -0.05) is 71.6 Å². The Labute approximate surface area is 257 Å². The van der Waals surface area contributed by atoms with Crippen LogP contribution < -0.4 is 14.2 Å². The molecule has 0 bridgehead atoms. The molecule has 1 aliphatic rings. The van der Waals surface area contributed by atoms with Crippen LogP contribution in [0.2, 0.25) is 0 Å². The van der Waals surface area contributed by atoms with Gasteiger partial charge in [0.1, 0.15) is 23.4 Å². The fraction of sp³-hybridized carbons (Fsp3) is 0.611. The number of ether oxygens (including phenoxy) is 4. The van der Waals surface area contributed by atoms with Gasteiger partial charge in [0.25, 0.3) is 0 Å². The maximum Gasteiger partial charge on any atom is 0.343 e. The number of carbonyl (C=O) groups excluding carboxylic acids is 2. The zero-order valence-corrected chi connectivity index (χ0v) is 26.2. The molecule has 2 aromatic rings. The average molecular weight is 599 g/mol. The van der Waals surface area contributed by atoms with E-state index in [2.05, 4.69) is 6.92 Å². The third-order valence-corrected chi connectivity index (χ3v) is 8.02. The van der Waals surface area contributed by atoms with Gasteiger partial charge in [0.15, 0.2) is 6.17 Å². The van der Waals surface area contributed by atoms with Gasteiger partial charge in [0, 0.05) is 0 Å². The lowest BCUT2D eigenvalue weighted by atomic mass is 9.88. The number of halogens is 1. The van der Waals surface area contributed by atoms with E-state index in [9.17, 15) is 14.0 Å². The van der Waals surface area contributed by atoms with Crippen molar-refractivity contribution in [2.45, 2.75) is 122 Å². The molecule has 0 N–H and O–H groups in total. The van der Waals surface area contributed by atoms with Gasteiger partial charge in [0.2, 0.25) is 0 Å². The lowest BCUT2D eigenvalue weighted by molar-refractivity contribution is -0.157. The molecule has 0 amide bonds. The molecule has 0 radical (unpaired) electrons. The summed E-state index contributed by atoms with van der Waals surface area (Å²) in [6, 6.07) is 14.1. The Morgan fingerprint density at radius 2 is 1.28 bits per heavy atom. The van der Waals surface area contributed by atoms with Crippen LogP contribution in [0.25, 0.3) is 0 Å². The molecule has 1 fully saturated rings. The molecular formula is C36H51FO6. The van der Waals surface area contributed by atoms with E-state index >= 15 is 0 Å². The van der Waals surface area contributed by atoms with E-state index in [0.29, 0.717) is 42.6 Å². The van der Waals surface area contributed by atoms with Crippen LogP contribution in [-0.2, 0) is 9.53 Å². The fourth-order valence-corrected chi connectivity index (χ4v) is 5.25. The molecule has 1 aliphatic carbocycles. The maximum atomic E-state index is 13.9. The van der Waals surface area contributed by atoms with Crippen LogP contribution in [0.4, 0.5) is 4.39 Å². The molecule has 238 valence electrons. The second-order valence-electron chi connectivity index (χ2n) is 11.7. The van der Waals surface area contributed by atoms with Gasteiger partial charge in [-0.05, 0) is 93.0 Å². The predicted molar refractivity (Wildman–Crippen MR) is 168 cm³/mol. The first-order chi connectivity index (χ1) is 21.0. The van der Waals surface area contributed by atoms with Crippen LogP contribution in [0.1, 0.15) is 121 Å². The minimum absolute atomic E-state index is 0.207. The molecule has 0 unspecified atom stereocenters. The standard InChI is InChI=1S/C36H51FO6/c1-3-5-7-8-9-10-11-12-26-40-30-20-16-29(17-21-30)35(38)42-33-24-22-31(23-25-33)41-27-28-14-18-32(19-15-28)43-36(39)34(37)13-6-4-2/h16-17,20-25,28,32,34H,3-15,18-19,26-27H2,1-2H3/t28?,32?,34-/m0/s1. The zero-order chi connectivity index (χ0) is 30.7. The SMILES string of the molecule is CCCCCCCCCCOc1ccc(C(=O)Oc2ccc(OCC3CCC(OC(=O)[C@@H](F)CCCC)CC3)cc2)cc1. The summed E-state index contributed by atoms with van der Waals surface area (Å²) < 4.78 is 36.6. The number of carbonyl (C=O) groups is 2. The van der Waals surface area contributed by atoms with Gasteiger partial charge in [-0.2, -0.15) is 0 Å². The highest BCUT2D eigenvalue weighted by Gasteiger charge is 2.27. The summed E-state index contributed by atoms with van der Waals surface area (Å²) in [5.74, 6) is 1.10. The van der Waals surface area contributed by atoms with Crippen molar-refractivity contribution in [2.75, 3.05) is 13.2 Å². The van der Waals surface area contributed by atoms with Gasteiger partial charge in [-0.15, -0.1) is 0 Å². The third-order valence-electron chi connectivity index (χ3n) is 8.02. The summed E-state index contributed by atoms with van der Waals surface area (Å²) in [7, 11) is 0. The normalized spacial score (nSPS) is 17.2. The predicted octanol–water partition coefficient (Wildman–Crippen LogP) is 9.43. The lowest BCUT2D eigenvalue weighted by Gasteiger charge is -2.28. The van der Waals surface area contributed by atoms with Gasteiger partial charge >= 0.3 is 11.9 Å². The smallest absolute Gasteiger partial charge is 0.343 e. The number of hydrogen-bond donors (Lipinski definition) is 0. The monoisotopic (exact) mass is 598 g/mol. The van der Waals surface area contributed by atoms with Crippen molar-refractivity contribution in [3.63, 3.8) is 0 Å². The van der Waals surface area contributed by atoms with E-state index < -0.39 is 18.1 Å². The van der Waals surface area contributed by atoms with Gasteiger partial charge in [-0.25, -0.2) is 14.0 Å². The summed E-state index contributed by atoms with van der Waals surface area (Å²) in [6.07, 6.45) is 13.3. The molecule has 0 aliphatic heterocycles. The zero-order valence-electron chi connectivity index (χ0n) is 26.2. The molecule has 6 nitrogen and oxygen atoms in total. The summed E-state index contributed by atoms with van der Waals surface area (Å²) in [4.78, 5) is 24.5. The summed E-state index contributed by atoms with van der Waals surface area (Å²) in [6.45, 7) is 5.45. The van der Waals surface area contributed by atoms with Crippen molar-refractivity contribution in [3.05, 3.63) is 54.1 Å². The quantitative estimate of drug-likeness (QED) is 0.0859. The Morgan fingerprint density at radius 1 is 0.721 bits per heavy atom. The molecule has 7 heteroatoms. The topological polar surface area (TPSA) is 71.1 Å². The van der Waals surface area contributed by atoms with Crippen molar-refractivity contribution in [2.24, 2.45) is 5.92 Å². The molecular weight excluding hydrogens is 547 g/mol. The number of rotatable bonds is 20. The summed E-state index contributed by atoms with van der Waals surface area (Å²) >= 11 is 0. The Kier molecular flexibility index (Phi) is 16.0. The number of benzene rings is 2. The number of hydrogen-bond acceptors (Lipinski definition) is 6. The first-order valence-electron chi connectivity index (χ1n) is 16.5. The van der Waals surface area contributed by atoms with Crippen molar-refractivity contribution in [3.8, 4) is 17.2 Å². The van der Waals surface area contributed by atoms with Crippen molar-refractivity contribution in [1.29, 1.82) is 0 Å². The van der Waals surface area contributed by atoms with E-state index in [1.165, 1.54) is 44.9 Å². The van der Waals surface area contributed by atoms with E-state index in [4.69, 9.17) is 18.9 Å². The average Bonchev–Trinajstić information content (AvgIpc) is 3.03. The Hall–Kier alpha value is -3.09. The lowest BCUT2D eigenvalue weighted by Crippen LogP contribution is -2.30. The van der Waals surface area contributed by atoms with E-state index in [0.717, 1.165) is 44.3 Å². The van der Waals surface area contributed by atoms with Crippen molar-refractivity contribution >= 4 is 11.9 Å². The van der Waals surface area contributed by atoms with Gasteiger partial charge < -0.3 is 18.9 Å². The maximum absolute atomic E-state index is 13.9. The van der Waals surface area contributed by atoms with Crippen LogP contribution in [0.5, 0.6) is 17.2 Å². The largest absolute Gasteiger partial charge is 0.494 e. The van der Waals surface area contributed by atoms with Crippen molar-refractivity contribution in [1.82, 2.24) is 0 Å². The third kappa shape index (κ3) is 13.4. The van der Waals surface area contributed by atoms with Gasteiger partial charge in [-0.3, -0.25) is 0 Å². The molecule has 0 saturated heterocycles. The van der Waals surface area contributed by atoms with Crippen LogP contribution in [0, 0.1) is 5.92 Å². The van der Waals surface area contributed by atoms with E-state index in [1.807, 2.05) is 6.92 Å². The van der Waals surface area contributed by atoms with Crippen LogP contribution in [-0.4, -0.2) is 37.4 Å². The molecule has 3 rings (SSSR count). The van der Waals surface area contributed by atoms with Crippen LogP contribution in [0.15, 0.2) is 48.5 Å². The van der Waals surface area contributed by atoms with Crippen LogP contribution in [0.3, 0.4) is 0 Å². The fourth-order valence-electron chi connectivity index (χ4n) is 5.25. The Morgan fingerprint density at radius 3 is 1.93 bits per heavy atom. The van der Waals surface area contributed by atoms with E-state index in [-0.39, 0.29) is 12.5 Å². The molecule has 1 atom stereocenters. The molecule has 0 aromatic heterocycles. The first-order valence-corrected chi connectivity index (χ1v) is 16.5. The summed E-state index contributed by atoms with van der Waals surface area (Å²) in [5.41, 5.74) is 0.462. The minimum Gasteiger partial charge on any atom is -0.494 e. The number of unbranched alkanes of at least 4 members (excludes halogenated alkanes) is 8. The highest BCUT2D eigenvalue weighted by molar-refractivity contribution is 5.91. The van der Waals surface area contributed by atoms with Crippen molar-refractivity contribution < 1.29 is 32.9 Å². The molecule has 43 heavy (non-hydrogen) atoms. The second kappa shape index (κ2) is 20.0. The number of esters is 2.